The van der Waals surface area contributed by atoms with Crippen LogP contribution in [0, 0.1) is 0 Å². The van der Waals surface area contributed by atoms with Gasteiger partial charge in [0.05, 0.1) is 19.8 Å². The summed E-state index contributed by atoms with van der Waals surface area (Å²) in [6.45, 7) is 0.414. The average Bonchev–Trinajstić information content (AvgIpc) is 2.87. The van der Waals surface area contributed by atoms with Gasteiger partial charge in [-0.1, -0.05) is 42.5 Å². The molecule has 0 aliphatic carbocycles. The molecule has 0 bridgehead atoms. The van der Waals surface area contributed by atoms with Crippen molar-refractivity contribution in [3.05, 3.63) is 95.6 Å². The Morgan fingerprint density at radius 2 is 1.49 bits per heavy atom. The van der Waals surface area contributed by atoms with E-state index in [1.807, 2.05) is 30.3 Å². The molecule has 0 fully saturated rings. The van der Waals surface area contributed by atoms with Crippen molar-refractivity contribution in [2.75, 3.05) is 18.9 Å². The number of hydrogen-bond donors (Lipinski definition) is 2. The molecule has 2 N–H and O–H groups in total. The third-order valence-corrected chi connectivity index (χ3v) is 6.05. The lowest BCUT2D eigenvalue weighted by atomic mass is 10.1. The van der Waals surface area contributed by atoms with Crippen molar-refractivity contribution in [2.24, 2.45) is 0 Å². The van der Waals surface area contributed by atoms with E-state index in [0.29, 0.717) is 17.9 Å². The number of esters is 2. The molecule has 0 aromatic heterocycles. The van der Waals surface area contributed by atoms with Crippen molar-refractivity contribution in [3.63, 3.8) is 0 Å². The van der Waals surface area contributed by atoms with Gasteiger partial charge in [-0.3, -0.25) is 9.52 Å². The minimum atomic E-state index is -4.14. The van der Waals surface area contributed by atoms with E-state index in [-0.39, 0.29) is 17.7 Å². The molecular weight excluding hydrogens is 472 g/mol. The predicted molar refractivity (Wildman–Crippen MR) is 130 cm³/mol. The molecule has 1 atom stereocenters. The van der Waals surface area contributed by atoms with E-state index in [1.165, 1.54) is 38.5 Å². The summed E-state index contributed by atoms with van der Waals surface area (Å²) in [5, 5.41) is 0. The van der Waals surface area contributed by atoms with Crippen LogP contribution in [0.15, 0.2) is 78.9 Å². The number of hydrogen-bond acceptors (Lipinski definition) is 7. The van der Waals surface area contributed by atoms with Crippen LogP contribution in [0.25, 0.3) is 0 Å². The highest BCUT2D eigenvalue weighted by atomic mass is 32.2. The minimum Gasteiger partial charge on any atom is -0.489 e. The molecule has 9 nitrogen and oxygen atoms in total. The molecule has 35 heavy (non-hydrogen) atoms. The second-order valence-corrected chi connectivity index (χ2v) is 8.94. The van der Waals surface area contributed by atoms with Crippen LogP contribution in [-0.4, -0.2) is 40.6 Å². The molecule has 0 unspecified atom stereocenters. The fourth-order valence-corrected chi connectivity index (χ4v) is 4.24. The lowest BCUT2D eigenvalue weighted by Gasteiger charge is -2.18. The Balaban J connectivity index is 1.63. The molecule has 0 heterocycles. The highest BCUT2D eigenvalue weighted by Crippen LogP contribution is 2.17. The van der Waals surface area contributed by atoms with Gasteiger partial charge in [-0.2, -0.15) is 13.1 Å². The standard InChI is InChI=1S/C25H26N2O7S/c1-32-24(28)20-10-12-21(13-11-20)26-35(30,31)27-23(25(29)33-2)16-18-8-14-22(15-9-18)34-17-19-6-4-3-5-7-19/h3-15,23,26-27H,16-17H2,1-2H3/t23-/m1/s1. The number of methoxy groups -OCH3 is 2. The van der Waals surface area contributed by atoms with E-state index in [2.05, 4.69) is 14.2 Å². The Hall–Kier alpha value is -3.89. The summed E-state index contributed by atoms with van der Waals surface area (Å²) >= 11 is 0. The molecule has 0 amide bonds. The second-order valence-electron chi connectivity index (χ2n) is 7.49. The van der Waals surface area contributed by atoms with Gasteiger partial charge >= 0.3 is 11.9 Å². The predicted octanol–water partition coefficient (Wildman–Crippen LogP) is 3.08. The zero-order valence-corrected chi connectivity index (χ0v) is 20.1. The van der Waals surface area contributed by atoms with Crippen molar-refractivity contribution in [3.8, 4) is 5.75 Å². The largest absolute Gasteiger partial charge is 0.489 e. The van der Waals surface area contributed by atoms with Crippen LogP contribution in [0.2, 0.25) is 0 Å². The van der Waals surface area contributed by atoms with Crippen LogP contribution in [-0.2, 0) is 37.5 Å². The number of carbonyl (C=O) groups is 2. The first-order chi connectivity index (χ1) is 16.8. The van der Waals surface area contributed by atoms with Gasteiger partial charge in [-0.15, -0.1) is 0 Å². The third-order valence-electron chi connectivity index (χ3n) is 4.95. The van der Waals surface area contributed by atoms with Crippen LogP contribution >= 0.6 is 0 Å². The number of nitrogens with one attached hydrogen (secondary N) is 2. The zero-order valence-electron chi connectivity index (χ0n) is 19.3. The van der Waals surface area contributed by atoms with E-state index in [0.717, 1.165) is 5.56 Å². The molecule has 0 saturated carbocycles. The maximum atomic E-state index is 12.6. The third kappa shape index (κ3) is 7.83. The fourth-order valence-electron chi connectivity index (χ4n) is 3.18. The number of rotatable bonds is 11. The highest BCUT2D eigenvalue weighted by Gasteiger charge is 2.26. The molecule has 0 spiro atoms. The molecule has 0 saturated heterocycles. The summed E-state index contributed by atoms with van der Waals surface area (Å²) in [6.07, 6.45) is 0.0633. The first-order valence-electron chi connectivity index (χ1n) is 10.6. The summed E-state index contributed by atoms with van der Waals surface area (Å²) in [6, 6.07) is 21.2. The first kappa shape index (κ1) is 25.7. The maximum absolute atomic E-state index is 12.6. The minimum absolute atomic E-state index is 0.0633. The van der Waals surface area contributed by atoms with Crippen LogP contribution < -0.4 is 14.2 Å². The van der Waals surface area contributed by atoms with Gasteiger partial charge in [0.2, 0.25) is 0 Å². The van der Waals surface area contributed by atoms with Crippen molar-refractivity contribution >= 4 is 27.8 Å². The van der Waals surface area contributed by atoms with Crippen molar-refractivity contribution in [1.82, 2.24) is 4.72 Å². The highest BCUT2D eigenvalue weighted by molar-refractivity contribution is 7.90. The summed E-state index contributed by atoms with van der Waals surface area (Å²) in [5.74, 6) is -0.634. The number of carbonyl (C=O) groups excluding carboxylic acids is 2. The lowest BCUT2D eigenvalue weighted by molar-refractivity contribution is -0.142. The topological polar surface area (TPSA) is 120 Å². The average molecular weight is 499 g/mol. The summed E-state index contributed by atoms with van der Waals surface area (Å²) in [5.41, 5.74) is 2.21. The van der Waals surface area contributed by atoms with E-state index >= 15 is 0 Å². The van der Waals surface area contributed by atoms with Gasteiger partial charge in [0.15, 0.2) is 0 Å². The van der Waals surface area contributed by atoms with Crippen molar-refractivity contribution in [2.45, 2.75) is 19.1 Å². The summed E-state index contributed by atoms with van der Waals surface area (Å²) in [4.78, 5) is 23.8. The van der Waals surface area contributed by atoms with Crippen LogP contribution in [0.3, 0.4) is 0 Å². The van der Waals surface area contributed by atoms with Crippen LogP contribution in [0.1, 0.15) is 21.5 Å². The van der Waals surface area contributed by atoms with Gasteiger partial charge in [-0.05, 0) is 53.9 Å². The molecule has 3 rings (SSSR count). The number of benzene rings is 3. The molecule has 10 heteroatoms. The second kappa shape index (κ2) is 12.0. The van der Waals surface area contributed by atoms with Crippen LogP contribution in [0.5, 0.6) is 5.75 Å². The van der Waals surface area contributed by atoms with Gasteiger partial charge in [-0.25, -0.2) is 4.79 Å². The Kier molecular flexibility index (Phi) is 8.82. The smallest absolute Gasteiger partial charge is 0.337 e. The number of ether oxygens (including phenoxy) is 3. The van der Waals surface area contributed by atoms with Crippen molar-refractivity contribution < 1.29 is 32.2 Å². The Labute approximate surface area is 204 Å². The summed E-state index contributed by atoms with van der Waals surface area (Å²) < 4.78 is 45.0. The number of anilines is 1. The molecule has 184 valence electrons. The maximum Gasteiger partial charge on any atom is 0.337 e. The first-order valence-corrected chi connectivity index (χ1v) is 12.1. The van der Waals surface area contributed by atoms with Crippen molar-refractivity contribution in [1.29, 1.82) is 0 Å². The van der Waals surface area contributed by atoms with Gasteiger partial charge < -0.3 is 14.2 Å². The Bertz CT molecular complexity index is 1230. The molecular formula is C25H26N2O7S. The van der Waals surface area contributed by atoms with E-state index < -0.39 is 28.2 Å². The van der Waals surface area contributed by atoms with Gasteiger partial charge in [0, 0.05) is 5.69 Å². The van der Waals surface area contributed by atoms with Gasteiger partial charge in [0.25, 0.3) is 10.2 Å². The fraction of sp³-hybridized carbons (Fsp3) is 0.200. The zero-order chi connectivity index (χ0) is 25.3. The SMILES string of the molecule is COC(=O)c1ccc(NS(=O)(=O)N[C@H](Cc2ccc(OCc3ccccc3)cc2)C(=O)OC)cc1. The van der Waals surface area contributed by atoms with Gasteiger partial charge in [0.1, 0.15) is 18.4 Å². The molecule has 0 aliphatic rings. The Morgan fingerprint density at radius 1 is 0.829 bits per heavy atom. The monoisotopic (exact) mass is 498 g/mol. The van der Waals surface area contributed by atoms with E-state index in [9.17, 15) is 18.0 Å². The summed E-state index contributed by atoms with van der Waals surface area (Å²) in [7, 11) is -1.70. The Morgan fingerprint density at radius 3 is 2.09 bits per heavy atom. The van der Waals surface area contributed by atoms with E-state index in [1.54, 1.807) is 24.3 Å². The molecule has 3 aromatic carbocycles. The molecule has 3 aromatic rings. The normalized spacial score (nSPS) is 11.8. The molecule has 0 radical (unpaired) electrons. The van der Waals surface area contributed by atoms with E-state index in [4.69, 9.17) is 9.47 Å². The molecule has 0 aliphatic heterocycles. The van der Waals surface area contributed by atoms with Crippen LogP contribution in [0.4, 0.5) is 5.69 Å². The lowest BCUT2D eigenvalue weighted by Crippen LogP contribution is -2.45. The quantitative estimate of drug-likeness (QED) is 0.390.